The number of aryl methyl sites for hydroxylation is 2. The zero-order chi connectivity index (χ0) is 13.3. The van der Waals surface area contributed by atoms with E-state index in [-0.39, 0.29) is 12.2 Å². The van der Waals surface area contributed by atoms with Crippen molar-refractivity contribution in [2.45, 2.75) is 27.2 Å². The number of aromatic nitrogens is 1. The van der Waals surface area contributed by atoms with Crippen LogP contribution in [0, 0.1) is 20.8 Å². The lowest BCUT2D eigenvalue weighted by Crippen LogP contribution is -2.06. The average Bonchev–Trinajstić information content (AvgIpc) is 2.56. The Morgan fingerprint density at radius 1 is 1.33 bits per heavy atom. The topological polar surface area (TPSA) is 43.1 Å². The molecule has 0 N–H and O–H groups in total. The molecule has 2 aromatic rings. The van der Waals surface area contributed by atoms with E-state index < -0.39 is 0 Å². The zero-order valence-electron chi connectivity index (χ0n) is 10.6. The van der Waals surface area contributed by atoms with Gasteiger partial charge in [0.25, 0.3) is 0 Å². The molecule has 0 spiro atoms. The molecular weight excluding hydrogens is 250 g/mol. The van der Waals surface area contributed by atoms with Gasteiger partial charge < -0.3 is 4.42 Å². The summed E-state index contributed by atoms with van der Waals surface area (Å²) < 4.78 is 5.47. The van der Waals surface area contributed by atoms with Crippen LogP contribution in [0.15, 0.2) is 22.9 Å². The first-order valence-electron chi connectivity index (χ1n) is 5.69. The summed E-state index contributed by atoms with van der Waals surface area (Å²) in [6.07, 6.45) is 3.45. The van der Waals surface area contributed by atoms with Gasteiger partial charge in [-0.2, -0.15) is 0 Å². The van der Waals surface area contributed by atoms with Gasteiger partial charge in [-0.3, -0.25) is 9.78 Å². The highest BCUT2D eigenvalue weighted by atomic mass is 35.5. The van der Waals surface area contributed by atoms with E-state index in [1.165, 1.54) is 0 Å². The molecule has 2 aromatic heterocycles. The van der Waals surface area contributed by atoms with Crippen LogP contribution >= 0.6 is 11.6 Å². The molecule has 0 saturated carbocycles. The number of carbonyl (C=O) groups is 1. The molecule has 2 heterocycles. The van der Waals surface area contributed by atoms with Crippen LogP contribution < -0.4 is 0 Å². The quantitative estimate of drug-likeness (QED) is 0.794. The predicted molar refractivity (Wildman–Crippen MR) is 70.2 cm³/mol. The van der Waals surface area contributed by atoms with E-state index in [0.29, 0.717) is 16.3 Å². The maximum atomic E-state index is 12.3. The van der Waals surface area contributed by atoms with Crippen LogP contribution in [-0.2, 0) is 6.42 Å². The van der Waals surface area contributed by atoms with Crippen LogP contribution in [0.25, 0.3) is 0 Å². The summed E-state index contributed by atoms with van der Waals surface area (Å²) in [5, 5.41) is 0.515. The molecule has 0 aliphatic carbocycles. The van der Waals surface area contributed by atoms with Gasteiger partial charge in [-0.1, -0.05) is 11.6 Å². The van der Waals surface area contributed by atoms with Crippen molar-refractivity contribution in [2.24, 2.45) is 0 Å². The van der Waals surface area contributed by atoms with Gasteiger partial charge in [-0.15, -0.1) is 0 Å². The summed E-state index contributed by atoms with van der Waals surface area (Å²) in [4.78, 5) is 16.2. The second-order valence-electron chi connectivity index (χ2n) is 4.28. The Morgan fingerprint density at radius 2 is 2.06 bits per heavy atom. The normalized spacial score (nSPS) is 10.7. The number of nitrogens with zero attached hydrogens (tertiary/aromatic N) is 1. The average molecular weight is 264 g/mol. The first-order chi connectivity index (χ1) is 8.50. The van der Waals surface area contributed by atoms with Crippen molar-refractivity contribution < 1.29 is 9.21 Å². The van der Waals surface area contributed by atoms with Gasteiger partial charge in [-0.05, 0) is 32.4 Å². The molecule has 0 bridgehead atoms. The van der Waals surface area contributed by atoms with E-state index in [2.05, 4.69) is 4.98 Å². The Balaban J connectivity index is 2.31. The summed E-state index contributed by atoms with van der Waals surface area (Å²) in [6.45, 7) is 5.56. The summed E-state index contributed by atoms with van der Waals surface area (Å²) in [7, 11) is 0. The van der Waals surface area contributed by atoms with Crippen molar-refractivity contribution >= 4 is 17.4 Å². The lowest BCUT2D eigenvalue weighted by molar-refractivity contribution is 0.0991. The van der Waals surface area contributed by atoms with E-state index in [0.717, 1.165) is 16.9 Å². The molecule has 0 fully saturated rings. The van der Waals surface area contributed by atoms with E-state index in [4.69, 9.17) is 16.0 Å². The number of Topliss-reactive ketones (excluding diaryl/α,β-unsaturated/α-hetero) is 1. The number of hydrogen-bond acceptors (Lipinski definition) is 3. The molecule has 0 unspecified atom stereocenters. The third-order valence-corrected chi connectivity index (χ3v) is 3.39. The van der Waals surface area contributed by atoms with Gasteiger partial charge >= 0.3 is 0 Å². The molecule has 0 atom stereocenters. The SMILES string of the molecule is Cc1oc(C)c(C(=O)Cc2ccncc2Cl)c1C. The molecule has 0 aromatic carbocycles. The Labute approximate surface area is 111 Å². The summed E-state index contributed by atoms with van der Waals surface area (Å²) in [5.41, 5.74) is 2.36. The molecule has 4 heteroatoms. The maximum absolute atomic E-state index is 12.3. The van der Waals surface area contributed by atoms with Crippen molar-refractivity contribution in [3.63, 3.8) is 0 Å². The highest BCUT2D eigenvalue weighted by Gasteiger charge is 2.19. The molecule has 94 valence electrons. The van der Waals surface area contributed by atoms with E-state index in [1.54, 1.807) is 25.4 Å². The van der Waals surface area contributed by atoms with Crippen molar-refractivity contribution in [3.8, 4) is 0 Å². The van der Waals surface area contributed by atoms with E-state index in [9.17, 15) is 4.79 Å². The number of hydrogen-bond donors (Lipinski definition) is 0. The number of furan rings is 1. The number of ketones is 1. The van der Waals surface area contributed by atoms with Gasteiger partial charge in [0.15, 0.2) is 5.78 Å². The predicted octanol–water partition coefficient (Wildman–Crippen LogP) is 3.68. The van der Waals surface area contributed by atoms with Crippen molar-refractivity contribution in [1.29, 1.82) is 0 Å². The fourth-order valence-electron chi connectivity index (χ4n) is 2.01. The molecule has 0 radical (unpaired) electrons. The monoisotopic (exact) mass is 263 g/mol. The van der Waals surface area contributed by atoms with Crippen LogP contribution in [0.5, 0.6) is 0 Å². The first-order valence-corrected chi connectivity index (χ1v) is 6.06. The minimum atomic E-state index is 0.0231. The molecule has 0 aliphatic heterocycles. The molecule has 18 heavy (non-hydrogen) atoms. The Bertz CT molecular complexity index is 602. The summed E-state index contributed by atoms with van der Waals surface area (Å²) in [6, 6.07) is 1.76. The van der Waals surface area contributed by atoms with Crippen molar-refractivity contribution in [2.75, 3.05) is 0 Å². The van der Waals surface area contributed by atoms with Crippen LogP contribution in [-0.4, -0.2) is 10.8 Å². The van der Waals surface area contributed by atoms with Gasteiger partial charge in [-0.25, -0.2) is 0 Å². The second kappa shape index (κ2) is 4.94. The number of halogens is 1. The largest absolute Gasteiger partial charge is 0.466 e. The van der Waals surface area contributed by atoms with Gasteiger partial charge in [0.05, 0.1) is 10.6 Å². The molecule has 0 amide bonds. The van der Waals surface area contributed by atoms with Crippen LogP contribution in [0.3, 0.4) is 0 Å². The van der Waals surface area contributed by atoms with Crippen LogP contribution in [0.2, 0.25) is 5.02 Å². The highest BCUT2D eigenvalue weighted by molar-refractivity contribution is 6.31. The molecular formula is C14H14ClNO2. The summed E-state index contributed by atoms with van der Waals surface area (Å²) in [5.74, 6) is 1.48. The maximum Gasteiger partial charge on any atom is 0.171 e. The smallest absolute Gasteiger partial charge is 0.171 e. The minimum absolute atomic E-state index is 0.0231. The zero-order valence-corrected chi connectivity index (χ0v) is 11.3. The second-order valence-corrected chi connectivity index (χ2v) is 4.69. The van der Waals surface area contributed by atoms with E-state index >= 15 is 0 Å². The molecule has 3 nitrogen and oxygen atoms in total. The standard InChI is InChI=1S/C14H14ClNO2/c1-8-9(2)18-10(3)14(8)13(17)6-11-4-5-16-7-12(11)15/h4-5,7H,6H2,1-3H3. The van der Waals surface area contributed by atoms with Crippen molar-refractivity contribution in [1.82, 2.24) is 4.98 Å². The van der Waals surface area contributed by atoms with Crippen LogP contribution in [0.4, 0.5) is 0 Å². The lowest BCUT2D eigenvalue weighted by atomic mass is 10.0. The Kier molecular flexibility index (Phi) is 3.53. The third kappa shape index (κ3) is 2.31. The van der Waals surface area contributed by atoms with E-state index in [1.807, 2.05) is 13.8 Å². The van der Waals surface area contributed by atoms with Crippen molar-refractivity contribution in [3.05, 3.63) is 51.7 Å². The molecule has 2 rings (SSSR count). The Hall–Kier alpha value is -1.61. The third-order valence-electron chi connectivity index (χ3n) is 3.05. The van der Waals surface area contributed by atoms with Gasteiger partial charge in [0, 0.05) is 24.4 Å². The number of carbonyl (C=O) groups excluding carboxylic acids is 1. The number of rotatable bonds is 3. The van der Waals surface area contributed by atoms with Gasteiger partial charge in [0.2, 0.25) is 0 Å². The highest BCUT2D eigenvalue weighted by Crippen LogP contribution is 2.23. The molecule has 0 saturated heterocycles. The fraction of sp³-hybridized carbons (Fsp3) is 0.286. The molecule has 0 aliphatic rings. The number of pyridine rings is 1. The first kappa shape index (κ1) is 12.8. The minimum Gasteiger partial charge on any atom is -0.466 e. The lowest BCUT2D eigenvalue weighted by Gasteiger charge is -2.03. The summed E-state index contributed by atoms with van der Waals surface area (Å²) >= 11 is 6.00. The Morgan fingerprint density at radius 3 is 2.61 bits per heavy atom. The van der Waals surface area contributed by atoms with Crippen LogP contribution in [0.1, 0.15) is 33.0 Å². The fourth-order valence-corrected chi connectivity index (χ4v) is 2.20. The van der Waals surface area contributed by atoms with Gasteiger partial charge in [0.1, 0.15) is 11.5 Å².